The van der Waals surface area contributed by atoms with Gasteiger partial charge in [-0.05, 0) is 57.0 Å². The van der Waals surface area contributed by atoms with E-state index in [1.54, 1.807) is 12.1 Å². The number of aryl methyl sites for hydroxylation is 1. The second-order valence-electron chi connectivity index (χ2n) is 8.35. The Kier molecular flexibility index (Phi) is 7.77. The van der Waals surface area contributed by atoms with Gasteiger partial charge in [0.25, 0.3) is 0 Å². The molecule has 0 saturated carbocycles. The summed E-state index contributed by atoms with van der Waals surface area (Å²) >= 11 is 13.0. The first-order valence-corrected chi connectivity index (χ1v) is 12.2. The molecule has 1 fully saturated rings. The van der Waals surface area contributed by atoms with Crippen molar-refractivity contribution in [2.75, 3.05) is 26.2 Å². The Bertz CT molecular complexity index is 1060. The number of fused-ring (bicyclic) bond motifs is 1. The maximum absolute atomic E-state index is 13.5. The molecule has 1 aromatic heterocycles. The summed E-state index contributed by atoms with van der Waals surface area (Å²) in [7, 11) is 0. The molecule has 1 aliphatic heterocycles. The van der Waals surface area contributed by atoms with Crippen molar-refractivity contribution < 1.29 is 13.9 Å². The first kappa shape index (κ1) is 23.2. The van der Waals surface area contributed by atoms with E-state index in [1.165, 1.54) is 25.9 Å². The number of hydrogen-bond acceptors (Lipinski definition) is 4. The Morgan fingerprint density at radius 1 is 1.09 bits per heavy atom. The minimum atomic E-state index is -0.134. The van der Waals surface area contributed by atoms with Crippen LogP contribution in [-0.4, -0.2) is 36.9 Å². The predicted molar refractivity (Wildman–Crippen MR) is 131 cm³/mol. The lowest BCUT2D eigenvalue weighted by molar-refractivity contribution is 0.103. The fourth-order valence-corrected chi connectivity index (χ4v) is 4.90. The molecule has 0 atom stereocenters. The van der Waals surface area contributed by atoms with Gasteiger partial charge >= 0.3 is 0 Å². The van der Waals surface area contributed by atoms with Gasteiger partial charge in [0.1, 0.15) is 11.3 Å². The second-order valence-corrected chi connectivity index (χ2v) is 9.16. The maximum atomic E-state index is 13.5. The highest BCUT2D eigenvalue weighted by molar-refractivity contribution is 6.38. The summed E-state index contributed by atoms with van der Waals surface area (Å²) in [5, 5.41) is 1.52. The minimum absolute atomic E-state index is 0.134. The van der Waals surface area contributed by atoms with Crippen LogP contribution in [0, 0.1) is 0 Å². The van der Waals surface area contributed by atoms with Crippen molar-refractivity contribution >= 4 is 40.0 Å². The maximum Gasteiger partial charge on any atom is 0.197 e. The first-order valence-electron chi connectivity index (χ1n) is 11.5. The number of unbranched alkanes of at least 4 members (excludes halogenated alkanes) is 1. The van der Waals surface area contributed by atoms with E-state index in [-0.39, 0.29) is 5.78 Å². The van der Waals surface area contributed by atoms with Crippen LogP contribution < -0.4 is 4.74 Å². The molecule has 0 amide bonds. The van der Waals surface area contributed by atoms with Crippen molar-refractivity contribution in [1.82, 2.24) is 4.90 Å². The van der Waals surface area contributed by atoms with Crippen LogP contribution in [0.3, 0.4) is 0 Å². The molecule has 0 aliphatic carbocycles. The highest BCUT2D eigenvalue weighted by atomic mass is 35.5. The Balaban J connectivity index is 1.53. The van der Waals surface area contributed by atoms with Crippen LogP contribution in [0.2, 0.25) is 10.0 Å². The Hall–Kier alpha value is -2.01. The molecular weight excluding hydrogens is 445 g/mol. The van der Waals surface area contributed by atoms with E-state index < -0.39 is 0 Å². The van der Waals surface area contributed by atoms with Crippen LogP contribution >= 0.6 is 23.2 Å². The molecule has 6 heteroatoms. The number of ketones is 1. The van der Waals surface area contributed by atoms with Gasteiger partial charge in [-0.25, -0.2) is 0 Å². The van der Waals surface area contributed by atoms with Crippen LogP contribution in [0.15, 0.2) is 40.8 Å². The molecule has 0 radical (unpaired) electrons. The number of benzene rings is 2. The monoisotopic (exact) mass is 473 g/mol. The molecule has 4 rings (SSSR count). The van der Waals surface area contributed by atoms with E-state index in [0.717, 1.165) is 36.8 Å². The molecule has 170 valence electrons. The van der Waals surface area contributed by atoms with Crippen LogP contribution in [0.5, 0.6) is 5.75 Å². The highest BCUT2D eigenvalue weighted by Crippen LogP contribution is 2.36. The number of furan rings is 1. The van der Waals surface area contributed by atoms with E-state index >= 15 is 0 Å². The molecule has 1 saturated heterocycles. The van der Waals surface area contributed by atoms with E-state index in [0.29, 0.717) is 45.7 Å². The van der Waals surface area contributed by atoms with Gasteiger partial charge in [-0.15, -0.1) is 0 Å². The number of hydrogen-bond donors (Lipinski definition) is 0. The lowest BCUT2D eigenvalue weighted by atomic mass is 9.98. The molecular formula is C26H29Cl2NO3. The minimum Gasteiger partial charge on any atom is -0.490 e. The normalized spacial score (nSPS) is 14.3. The number of halogens is 2. The van der Waals surface area contributed by atoms with E-state index in [1.807, 2.05) is 24.3 Å². The van der Waals surface area contributed by atoms with E-state index in [2.05, 4.69) is 11.8 Å². The average molecular weight is 474 g/mol. The molecule has 0 unspecified atom stereocenters. The van der Waals surface area contributed by atoms with Crippen LogP contribution in [0.25, 0.3) is 11.0 Å². The molecule has 2 heterocycles. The molecule has 4 nitrogen and oxygen atoms in total. The molecule has 0 spiro atoms. The summed E-state index contributed by atoms with van der Waals surface area (Å²) < 4.78 is 11.9. The van der Waals surface area contributed by atoms with Crippen LogP contribution in [0.1, 0.15) is 60.7 Å². The largest absolute Gasteiger partial charge is 0.490 e. The summed E-state index contributed by atoms with van der Waals surface area (Å²) in [6.45, 7) is 6.01. The molecule has 0 bridgehead atoms. The van der Waals surface area contributed by atoms with Crippen molar-refractivity contribution in [2.45, 2.75) is 45.4 Å². The predicted octanol–water partition coefficient (Wildman–Crippen LogP) is 7.18. The third-order valence-corrected chi connectivity index (χ3v) is 6.54. The van der Waals surface area contributed by atoms with Gasteiger partial charge in [-0.3, -0.25) is 4.79 Å². The van der Waals surface area contributed by atoms with Gasteiger partial charge in [0.15, 0.2) is 11.5 Å². The zero-order valence-corrected chi connectivity index (χ0v) is 20.0. The lowest BCUT2D eigenvalue weighted by Crippen LogP contribution is -2.22. The van der Waals surface area contributed by atoms with Crippen molar-refractivity contribution in [1.29, 1.82) is 0 Å². The molecule has 3 aromatic rings. The third-order valence-electron chi connectivity index (χ3n) is 5.98. The summed E-state index contributed by atoms with van der Waals surface area (Å²) in [4.78, 5) is 15.9. The quantitative estimate of drug-likeness (QED) is 0.231. The van der Waals surface area contributed by atoms with Crippen LogP contribution in [0.4, 0.5) is 0 Å². The zero-order valence-electron chi connectivity index (χ0n) is 18.5. The van der Waals surface area contributed by atoms with Gasteiger partial charge in [-0.1, -0.05) is 54.7 Å². The molecule has 32 heavy (non-hydrogen) atoms. The average Bonchev–Trinajstić information content (AvgIpc) is 3.43. The van der Waals surface area contributed by atoms with Gasteiger partial charge in [0, 0.05) is 23.9 Å². The van der Waals surface area contributed by atoms with Crippen molar-refractivity contribution in [3.8, 4) is 5.75 Å². The van der Waals surface area contributed by atoms with Crippen molar-refractivity contribution in [2.24, 2.45) is 0 Å². The standard InChI is InChI=1S/C26H29Cl2NO3/c1-2-3-10-23-24(19-9-4-5-11-22(19)32-23)25(30)18-16-20(27)26(21(28)17-18)31-15-8-14-29-12-6-7-13-29/h4-5,9,11,16-17H,2-3,6-8,10,12-15H2,1H3. The van der Waals surface area contributed by atoms with Gasteiger partial charge in [-0.2, -0.15) is 0 Å². The summed E-state index contributed by atoms with van der Waals surface area (Å²) in [6.07, 6.45) is 6.15. The van der Waals surface area contributed by atoms with Gasteiger partial charge in [0.05, 0.1) is 22.2 Å². The Morgan fingerprint density at radius 2 is 1.81 bits per heavy atom. The summed E-state index contributed by atoms with van der Waals surface area (Å²) in [5.74, 6) is 1.02. The number of nitrogens with zero attached hydrogens (tertiary/aromatic N) is 1. The second kappa shape index (κ2) is 10.7. The van der Waals surface area contributed by atoms with Gasteiger partial charge in [0.2, 0.25) is 0 Å². The fraction of sp³-hybridized carbons (Fsp3) is 0.423. The molecule has 1 aliphatic rings. The number of para-hydroxylation sites is 1. The van der Waals surface area contributed by atoms with E-state index in [9.17, 15) is 4.79 Å². The number of carbonyl (C=O) groups is 1. The topological polar surface area (TPSA) is 42.7 Å². The SMILES string of the molecule is CCCCc1oc2ccccc2c1C(=O)c1cc(Cl)c(OCCCN2CCCC2)c(Cl)c1. The van der Waals surface area contributed by atoms with Crippen molar-refractivity contribution in [3.63, 3.8) is 0 Å². The number of likely N-dealkylation sites (tertiary alicyclic amines) is 1. The number of ether oxygens (including phenoxy) is 1. The summed E-state index contributed by atoms with van der Waals surface area (Å²) in [5.41, 5.74) is 1.76. The number of carbonyl (C=O) groups excluding carboxylic acids is 1. The first-order chi connectivity index (χ1) is 15.6. The molecule has 0 N–H and O–H groups in total. The van der Waals surface area contributed by atoms with Gasteiger partial charge < -0.3 is 14.1 Å². The fourth-order valence-electron chi connectivity index (χ4n) is 4.30. The third kappa shape index (κ3) is 5.14. The highest BCUT2D eigenvalue weighted by Gasteiger charge is 2.23. The number of rotatable bonds is 10. The Morgan fingerprint density at radius 3 is 2.53 bits per heavy atom. The van der Waals surface area contributed by atoms with Crippen molar-refractivity contribution in [3.05, 3.63) is 63.3 Å². The molecule has 2 aromatic carbocycles. The van der Waals surface area contributed by atoms with Crippen LogP contribution in [-0.2, 0) is 6.42 Å². The van der Waals surface area contributed by atoms with E-state index in [4.69, 9.17) is 32.4 Å². The Labute approximate surface area is 199 Å². The smallest absolute Gasteiger partial charge is 0.197 e. The zero-order chi connectivity index (χ0) is 22.5. The summed E-state index contributed by atoms with van der Waals surface area (Å²) in [6, 6.07) is 10.9. The lowest BCUT2D eigenvalue weighted by Gasteiger charge is -2.15.